The standard InChI is InChI=1S/C16H23N3O3S/c1-23(21,22)18-11-12-2-4-13(5-3-12)19-15(20)14-10-16(14)6-8-17-9-7-16/h2-5,14,17-18H,6-11H2,1H3,(H,19,20). The van der Waals surface area contributed by atoms with Gasteiger partial charge in [-0.25, -0.2) is 13.1 Å². The molecule has 1 aromatic carbocycles. The average molecular weight is 337 g/mol. The van der Waals surface area contributed by atoms with Crippen LogP contribution in [0.15, 0.2) is 24.3 Å². The molecule has 126 valence electrons. The number of rotatable bonds is 5. The molecular formula is C16H23N3O3S. The molecule has 2 aliphatic rings. The molecule has 3 N–H and O–H groups in total. The van der Waals surface area contributed by atoms with Crippen molar-refractivity contribution in [2.24, 2.45) is 11.3 Å². The number of nitrogens with one attached hydrogen (secondary N) is 3. The first-order valence-electron chi connectivity index (χ1n) is 7.93. The summed E-state index contributed by atoms with van der Waals surface area (Å²) in [6, 6.07) is 7.27. The molecule has 0 bridgehead atoms. The fourth-order valence-electron chi connectivity index (χ4n) is 3.35. The lowest BCUT2D eigenvalue weighted by atomic mass is 9.92. The normalized spacial score (nSPS) is 22.7. The van der Waals surface area contributed by atoms with Crippen LogP contribution in [0.1, 0.15) is 24.8 Å². The molecule has 1 spiro atoms. The molecule has 23 heavy (non-hydrogen) atoms. The van der Waals surface area contributed by atoms with E-state index in [-0.39, 0.29) is 23.8 Å². The van der Waals surface area contributed by atoms with Crippen molar-refractivity contribution < 1.29 is 13.2 Å². The van der Waals surface area contributed by atoms with E-state index >= 15 is 0 Å². The fraction of sp³-hybridized carbons (Fsp3) is 0.562. The first-order valence-corrected chi connectivity index (χ1v) is 9.82. The second-order valence-electron chi connectivity index (χ2n) is 6.65. The Morgan fingerprint density at radius 2 is 1.91 bits per heavy atom. The van der Waals surface area contributed by atoms with Crippen molar-refractivity contribution in [1.29, 1.82) is 0 Å². The summed E-state index contributed by atoms with van der Waals surface area (Å²) in [5, 5.41) is 6.31. The van der Waals surface area contributed by atoms with Gasteiger partial charge in [0.25, 0.3) is 0 Å². The smallest absolute Gasteiger partial charge is 0.228 e. The predicted molar refractivity (Wildman–Crippen MR) is 89.4 cm³/mol. The van der Waals surface area contributed by atoms with Crippen LogP contribution in [0.3, 0.4) is 0 Å². The van der Waals surface area contributed by atoms with Crippen LogP contribution >= 0.6 is 0 Å². The van der Waals surface area contributed by atoms with Gasteiger partial charge in [-0.2, -0.15) is 0 Å². The largest absolute Gasteiger partial charge is 0.326 e. The molecule has 6 nitrogen and oxygen atoms in total. The second-order valence-corrected chi connectivity index (χ2v) is 8.48. The highest BCUT2D eigenvalue weighted by Crippen LogP contribution is 2.58. The number of anilines is 1. The maximum Gasteiger partial charge on any atom is 0.228 e. The van der Waals surface area contributed by atoms with E-state index in [1.165, 1.54) is 0 Å². The van der Waals surface area contributed by atoms with Gasteiger partial charge in [0.2, 0.25) is 15.9 Å². The van der Waals surface area contributed by atoms with Crippen LogP contribution in [0.25, 0.3) is 0 Å². The molecule has 1 unspecified atom stereocenters. The third-order valence-electron chi connectivity index (χ3n) is 4.87. The highest BCUT2D eigenvalue weighted by molar-refractivity contribution is 7.88. The lowest BCUT2D eigenvalue weighted by molar-refractivity contribution is -0.118. The summed E-state index contributed by atoms with van der Waals surface area (Å²) in [6.07, 6.45) is 4.30. The van der Waals surface area contributed by atoms with Gasteiger partial charge in [0.05, 0.1) is 6.26 Å². The van der Waals surface area contributed by atoms with Gasteiger partial charge in [-0.15, -0.1) is 0 Å². The van der Waals surface area contributed by atoms with Crippen LogP contribution < -0.4 is 15.4 Å². The number of carbonyl (C=O) groups is 1. The van der Waals surface area contributed by atoms with Gasteiger partial charge < -0.3 is 10.6 Å². The van der Waals surface area contributed by atoms with E-state index in [1.54, 1.807) is 0 Å². The molecule has 1 atom stereocenters. The Kier molecular flexibility index (Phi) is 4.44. The number of amides is 1. The van der Waals surface area contributed by atoms with Crippen molar-refractivity contribution in [2.75, 3.05) is 24.7 Å². The first kappa shape index (κ1) is 16.4. The molecule has 1 saturated heterocycles. The summed E-state index contributed by atoms with van der Waals surface area (Å²) < 4.78 is 24.6. The molecule has 1 aromatic rings. The first-order chi connectivity index (χ1) is 10.9. The molecule has 0 aromatic heterocycles. The SMILES string of the molecule is CS(=O)(=O)NCc1ccc(NC(=O)C2CC23CCNCC3)cc1. The Hall–Kier alpha value is -1.44. The number of piperidine rings is 1. The highest BCUT2D eigenvalue weighted by atomic mass is 32.2. The molecule has 1 saturated carbocycles. The van der Waals surface area contributed by atoms with E-state index in [2.05, 4.69) is 15.4 Å². The number of carbonyl (C=O) groups excluding carboxylic acids is 1. The van der Waals surface area contributed by atoms with Crippen molar-refractivity contribution in [1.82, 2.24) is 10.0 Å². The van der Waals surface area contributed by atoms with Gasteiger partial charge in [0.15, 0.2) is 0 Å². The van der Waals surface area contributed by atoms with Gasteiger partial charge in [0, 0.05) is 18.2 Å². The zero-order valence-electron chi connectivity index (χ0n) is 13.3. The van der Waals surface area contributed by atoms with Crippen molar-refractivity contribution >= 4 is 21.6 Å². The maximum absolute atomic E-state index is 12.4. The molecule has 1 aliphatic heterocycles. The van der Waals surface area contributed by atoms with Gasteiger partial charge in [0.1, 0.15) is 0 Å². The topological polar surface area (TPSA) is 87.3 Å². The molecule has 1 amide bonds. The molecule has 1 aliphatic carbocycles. The summed E-state index contributed by atoms with van der Waals surface area (Å²) in [5.41, 5.74) is 1.85. The number of hydrogen-bond acceptors (Lipinski definition) is 4. The monoisotopic (exact) mass is 337 g/mol. The fourth-order valence-corrected chi connectivity index (χ4v) is 3.77. The lowest BCUT2D eigenvalue weighted by Gasteiger charge is -2.23. The van der Waals surface area contributed by atoms with Gasteiger partial charge in [-0.1, -0.05) is 12.1 Å². The summed E-state index contributed by atoms with van der Waals surface area (Å²) in [5.74, 6) is 0.241. The Bertz CT molecular complexity index is 679. The van der Waals surface area contributed by atoms with E-state index in [1.807, 2.05) is 24.3 Å². The Morgan fingerprint density at radius 1 is 1.26 bits per heavy atom. The predicted octanol–water partition coefficient (Wildman–Crippen LogP) is 1.06. The van der Waals surface area contributed by atoms with E-state index in [0.717, 1.165) is 49.9 Å². The van der Waals surface area contributed by atoms with Crippen molar-refractivity contribution in [3.8, 4) is 0 Å². The minimum absolute atomic E-state index is 0.105. The molecule has 0 radical (unpaired) electrons. The van der Waals surface area contributed by atoms with Gasteiger partial charge in [-0.3, -0.25) is 4.79 Å². The summed E-state index contributed by atoms with van der Waals surface area (Å²) in [6.45, 7) is 2.27. The van der Waals surface area contributed by atoms with Crippen LogP contribution in [-0.4, -0.2) is 33.7 Å². The Balaban J connectivity index is 1.53. The molecule has 1 heterocycles. The van der Waals surface area contributed by atoms with E-state index in [4.69, 9.17) is 0 Å². The third-order valence-corrected chi connectivity index (χ3v) is 5.53. The zero-order valence-corrected chi connectivity index (χ0v) is 14.1. The Labute approximate surface area is 137 Å². The molecule has 7 heteroatoms. The molecule has 3 rings (SSSR count). The highest BCUT2D eigenvalue weighted by Gasteiger charge is 2.57. The van der Waals surface area contributed by atoms with E-state index < -0.39 is 10.0 Å². The summed E-state index contributed by atoms with van der Waals surface area (Å²) in [7, 11) is -3.20. The van der Waals surface area contributed by atoms with Crippen LogP contribution in [0.4, 0.5) is 5.69 Å². The van der Waals surface area contributed by atoms with Crippen LogP contribution in [0.2, 0.25) is 0 Å². The second kappa shape index (κ2) is 6.22. The van der Waals surface area contributed by atoms with E-state index in [9.17, 15) is 13.2 Å². The lowest BCUT2D eigenvalue weighted by Crippen LogP contribution is -2.31. The third kappa shape index (κ3) is 4.10. The van der Waals surface area contributed by atoms with Crippen molar-refractivity contribution in [3.63, 3.8) is 0 Å². The van der Waals surface area contributed by atoms with Gasteiger partial charge in [-0.05, 0) is 55.5 Å². The average Bonchev–Trinajstić information content (AvgIpc) is 3.20. The zero-order chi connectivity index (χ0) is 16.5. The summed E-state index contributed by atoms with van der Waals surface area (Å²) >= 11 is 0. The van der Waals surface area contributed by atoms with Gasteiger partial charge >= 0.3 is 0 Å². The van der Waals surface area contributed by atoms with E-state index in [0.29, 0.717) is 0 Å². The van der Waals surface area contributed by atoms with Crippen molar-refractivity contribution in [3.05, 3.63) is 29.8 Å². The quantitative estimate of drug-likeness (QED) is 0.750. The number of hydrogen-bond donors (Lipinski definition) is 3. The minimum atomic E-state index is -3.20. The maximum atomic E-state index is 12.4. The van der Waals surface area contributed by atoms with Crippen LogP contribution in [-0.2, 0) is 21.4 Å². The van der Waals surface area contributed by atoms with Crippen LogP contribution in [0, 0.1) is 11.3 Å². The number of sulfonamides is 1. The molecule has 2 fully saturated rings. The summed E-state index contributed by atoms with van der Waals surface area (Å²) in [4.78, 5) is 12.4. The van der Waals surface area contributed by atoms with Crippen LogP contribution in [0.5, 0.6) is 0 Å². The molecular weight excluding hydrogens is 314 g/mol. The van der Waals surface area contributed by atoms with Crippen molar-refractivity contribution in [2.45, 2.75) is 25.8 Å². The Morgan fingerprint density at radius 3 is 2.52 bits per heavy atom. The minimum Gasteiger partial charge on any atom is -0.326 e. The number of benzene rings is 1.